The molecule has 74 valence electrons. The van der Waals surface area contributed by atoms with Crippen molar-refractivity contribution in [1.82, 2.24) is 9.78 Å². The van der Waals surface area contributed by atoms with Crippen molar-refractivity contribution in [3.8, 4) is 0 Å². The van der Waals surface area contributed by atoms with Crippen molar-refractivity contribution in [1.29, 1.82) is 0 Å². The highest BCUT2D eigenvalue weighted by molar-refractivity contribution is 4.99. The van der Waals surface area contributed by atoms with Crippen LogP contribution in [-0.4, -0.2) is 9.78 Å². The lowest BCUT2D eigenvalue weighted by molar-refractivity contribution is 0.487. The van der Waals surface area contributed by atoms with Gasteiger partial charge in [-0.05, 0) is 24.8 Å². The molecule has 0 unspecified atom stereocenters. The summed E-state index contributed by atoms with van der Waals surface area (Å²) >= 11 is 0. The Hall–Kier alpha value is -1.05. The van der Waals surface area contributed by atoms with E-state index >= 15 is 0 Å². The largest absolute Gasteiger partial charge is 0.272 e. The van der Waals surface area contributed by atoms with Crippen LogP contribution in [0.25, 0.3) is 0 Å². The molecule has 1 aromatic rings. The molecule has 2 heteroatoms. The van der Waals surface area contributed by atoms with Crippen LogP contribution in [0.15, 0.2) is 25.6 Å². The normalized spacial score (nSPS) is 9.54. The fourth-order valence-corrected chi connectivity index (χ4v) is 0.980. The highest BCUT2D eigenvalue weighted by atomic mass is 15.3. The minimum atomic E-state index is 0.763. The SMILES string of the molecule is C=C.Cc1cnn(CCC(C)C)c1. The molecule has 0 aliphatic heterocycles. The van der Waals surface area contributed by atoms with E-state index in [-0.39, 0.29) is 0 Å². The Morgan fingerprint density at radius 2 is 2.08 bits per heavy atom. The molecular weight excluding hydrogens is 160 g/mol. The van der Waals surface area contributed by atoms with Crippen molar-refractivity contribution >= 4 is 0 Å². The average Bonchev–Trinajstić information content (AvgIpc) is 2.52. The maximum atomic E-state index is 4.20. The van der Waals surface area contributed by atoms with Crippen LogP contribution in [0.3, 0.4) is 0 Å². The van der Waals surface area contributed by atoms with E-state index in [1.54, 1.807) is 0 Å². The molecule has 2 nitrogen and oxygen atoms in total. The quantitative estimate of drug-likeness (QED) is 0.654. The number of aryl methyl sites for hydroxylation is 2. The predicted octanol–water partition coefficient (Wildman–Crippen LogP) is 3.04. The molecule has 0 saturated carbocycles. The third-order valence-corrected chi connectivity index (χ3v) is 1.70. The summed E-state index contributed by atoms with van der Waals surface area (Å²) in [4.78, 5) is 0. The standard InChI is InChI=1S/C9H16N2.C2H4/c1-8(2)4-5-11-7-9(3)6-10-11;1-2/h6-8H,4-5H2,1-3H3;1-2H2. The van der Waals surface area contributed by atoms with Crippen LogP contribution in [0.4, 0.5) is 0 Å². The van der Waals surface area contributed by atoms with Crippen LogP contribution in [0.2, 0.25) is 0 Å². The Kier molecular flexibility index (Phi) is 5.94. The van der Waals surface area contributed by atoms with Gasteiger partial charge in [-0.15, -0.1) is 13.2 Å². The third-order valence-electron chi connectivity index (χ3n) is 1.70. The molecule has 1 heterocycles. The summed E-state index contributed by atoms with van der Waals surface area (Å²) in [5, 5.41) is 4.20. The van der Waals surface area contributed by atoms with Gasteiger partial charge in [-0.25, -0.2) is 0 Å². The van der Waals surface area contributed by atoms with E-state index in [0.717, 1.165) is 12.5 Å². The van der Waals surface area contributed by atoms with E-state index in [9.17, 15) is 0 Å². The molecule has 0 aliphatic rings. The zero-order valence-electron chi connectivity index (χ0n) is 8.95. The lowest BCUT2D eigenvalue weighted by Crippen LogP contribution is -2.01. The Bertz CT molecular complexity index is 226. The molecule has 0 bridgehead atoms. The first-order valence-electron chi connectivity index (χ1n) is 4.67. The van der Waals surface area contributed by atoms with Gasteiger partial charge in [0.25, 0.3) is 0 Å². The van der Waals surface area contributed by atoms with Crippen LogP contribution < -0.4 is 0 Å². The number of aromatic nitrogens is 2. The molecule has 0 aromatic carbocycles. The summed E-state index contributed by atoms with van der Waals surface area (Å²) in [6, 6.07) is 0. The summed E-state index contributed by atoms with van der Waals surface area (Å²) in [5.41, 5.74) is 1.24. The van der Waals surface area contributed by atoms with Gasteiger partial charge in [0.2, 0.25) is 0 Å². The summed E-state index contributed by atoms with van der Waals surface area (Å²) in [5.74, 6) is 0.763. The Balaban J connectivity index is 0.000000671. The van der Waals surface area contributed by atoms with Crippen molar-refractivity contribution in [2.24, 2.45) is 5.92 Å². The van der Waals surface area contributed by atoms with Gasteiger partial charge >= 0.3 is 0 Å². The van der Waals surface area contributed by atoms with Crippen molar-refractivity contribution in [2.45, 2.75) is 33.7 Å². The minimum absolute atomic E-state index is 0.763. The van der Waals surface area contributed by atoms with Crippen LogP contribution in [0.5, 0.6) is 0 Å². The smallest absolute Gasteiger partial charge is 0.0518 e. The summed E-state index contributed by atoms with van der Waals surface area (Å²) in [6.07, 6.45) is 5.20. The van der Waals surface area contributed by atoms with Crippen LogP contribution in [0.1, 0.15) is 25.8 Å². The zero-order valence-corrected chi connectivity index (χ0v) is 8.95. The van der Waals surface area contributed by atoms with Crippen molar-refractivity contribution in [2.75, 3.05) is 0 Å². The summed E-state index contributed by atoms with van der Waals surface area (Å²) in [7, 11) is 0. The molecule has 0 amide bonds. The first-order valence-corrected chi connectivity index (χ1v) is 4.67. The molecule has 13 heavy (non-hydrogen) atoms. The summed E-state index contributed by atoms with van der Waals surface area (Å²) < 4.78 is 2.01. The summed E-state index contributed by atoms with van der Waals surface area (Å²) in [6.45, 7) is 13.6. The highest BCUT2D eigenvalue weighted by Crippen LogP contribution is 2.02. The van der Waals surface area contributed by atoms with E-state index in [0.29, 0.717) is 0 Å². The van der Waals surface area contributed by atoms with Crippen LogP contribution >= 0.6 is 0 Å². The molecule has 0 radical (unpaired) electrons. The molecule has 0 atom stereocenters. The van der Waals surface area contributed by atoms with E-state index in [4.69, 9.17) is 0 Å². The minimum Gasteiger partial charge on any atom is -0.272 e. The van der Waals surface area contributed by atoms with Crippen molar-refractivity contribution in [3.63, 3.8) is 0 Å². The number of nitrogens with zero attached hydrogens (tertiary/aromatic N) is 2. The molecule has 0 fully saturated rings. The van der Waals surface area contributed by atoms with E-state index in [1.165, 1.54) is 12.0 Å². The number of hydrogen-bond donors (Lipinski definition) is 0. The molecule has 0 spiro atoms. The van der Waals surface area contributed by atoms with Crippen LogP contribution in [-0.2, 0) is 6.54 Å². The van der Waals surface area contributed by atoms with Gasteiger partial charge in [0.05, 0.1) is 6.20 Å². The van der Waals surface area contributed by atoms with Crippen molar-refractivity contribution in [3.05, 3.63) is 31.1 Å². The zero-order chi connectivity index (χ0) is 10.3. The van der Waals surface area contributed by atoms with Gasteiger partial charge in [-0.1, -0.05) is 13.8 Å². The molecular formula is C11H20N2. The molecule has 1 rings (SSSR count). The Labute approximate surface area is 81.3 Å². The molecule has 0 N–H and O–H groups in total. The van der Waals surface area contributed by atoms with Gasteiger partial charge in [0.15, 0.2) is 0 Å². The number of hydrogen-bond acceptors (Lipinski definition) is 1. The molecule has 0 saturated heterocycles. The second-order valence-electron chi connectivity index (χ2n) is 3.46. The molecule has 0 aliphatic carbocycles. The van der Waals surface area contributed by atoms with Gasteiger partial charge in [-0.2, -0.15) is 5.10 Å². The predicted molar refractivity (Wildman–Crippen MR) is 57.7 cm³/mol. The monoisotopic (exact) mass is 180 g/mol. The Morgan fingerprint density at radius 3 is 2.46 bits per heavy atom. The molecule has 1 aromatic heterocycles. The van der Waals surface area contributed by atoms with Gasteiger partial charge in [0.1, 0.15) is 0 Å². The maximum absolute atomic E-state index is 4.20. The Morgan fingerprint density at radius 1 is 1.46 bits per heavy atom. The van der Waals surface area contributed by atoms with E-state index < -0.39 is 0 Å². The van der Waals surface area contributed by atoms with Crippen LogP contribution in [0, 0.1) is 12.8 Å². The average molecular weight is 180 g/mol. The lowest BCUT2D eigenvalue weighted by Gasteiger charge is -2.03. The fourth-order valence-electron chi connectivity index (χ4n) is 0.980. The van der Waals surface area contributed by atoms with Crippen molar-refractivity contribution < 1.29 is 0 Å². The van der Waals surface area contributed by atoms with Gasteiger partial charge < -0.3 is 0 Å². The third kappa shape index (κ3) is 5.23. The number of rotatable bonds is 3. The topological polar surface area (TPSA) is 17.8 Å². The first-order chi connectivity index (χ1) is 6.18. The van der Waals surface area contributed by atoms with E-state index in [2.05, 4.69) is 45.2 Å². The highest BCUT2D eigenvalue weighted by Gasteiger charge is 1.96. The second kappa shape index (κ2) is 6.46. The first kappa shape index (κ1) is 11.9. The van der Waals surface area contributed by atoms with E-state index in [1.807, 2.05) is 10.9 Å². The lowest BCUT2D eigenvalue weighted by atomic mass is 10.1. The van der Waals surface area contributed by atoms with Gasteiger partial charge in [-0.3, -0.25) is 4.68 Å². The fraction of sp³-hybridized carbons (Fsp3) is 0.545. The van der Waals surface area contributed by atoms with Gasteiger partial charge in [0, 0.05) is 12.7 Å². The maximum Gasteiger partial charge on any atom is 0.0518 e. The second-order valence-corrected chi connectivity index (χ2v) is 3.46.